The van der Waals surface area contributed by atoms with Gasteiger partial charge in [-0.1, -0.05) is 12.8 Å². The number of benzene rings is 1. The number of amides is 1. The zero-order chi connectivity index (χ0) is 14.8. The van der Waals surface area contributed by atoms with E-state index in [1.165, 1.54) is 6.07 Å². The van der Waals surface area contributed by atoms with E-state index in [1.54, 1.807) is 0 Å². The lowest BCUT2D eigenvalue weighted by Gasteiger charge is -2.25. The van der Waals surface area contributed by atoms with E-state index in [4.69, 9.17) is 5.73 Å². The molecule has 0 radical (unpaired) electrons. The lowest BCUT2D eigenvalue weighted by atomic mass is 9.85. The second kappa shape index (κ2) is 5.54. The summed E-state index contributed by atoms with van der Waals surface area (Å²) in [6, 6.07) is 3.29. The Morgan fingerprint density at radius 3 is 2.65 bits per heavy atom. The van der Waals surface area contributed by atoms with Gasteiger partial charge in [0.05, 0.1) is 10.3 Å². The maximum absolute atomic E-state index is 13.2. The van der Waals surface area contributed by atoms with Crippen LogP contribution in [-0.2, 0) is 4.79 Å². The summed E-state index contributed by atoms with van der Waals surface area (Å²) in [5, 5.41) is 13.3. The fraction of sp³-hybridized carbons (Fsp3) is 0.462. The molecule has 0 heterocycles. The molecule has 1 aromatic rings. The van der Waals surface area contributed by atoms with E-state index in [0.717, 1.165) is 25.0 Å². The third kappa shape index (κ3) is 2.62. The molecule has 0 saturated heterocycles. The third-order valence-electron chi connectivity index (χ3n) is 3.83. The SMILES string of the molecule is NCC1(C(=O)Nc2ccc(F)c([N+](=O)[O-])c2)CCCC1. The van der Waals surface area contributed by atoms with Gasteiger partial charge in [0.15, 0.2) is 0 Å². The van der Waals surface area contributed by atoms with Crippen LogP contribution in [0.4, 0.5) is 15.8 Å². The second-order valence-corrected chi connectivity index (χ2v) is 5.07. The van der Waals surface area contributed by atoms with Gasteiger partial charge in [-0.25, -0.2) is 0 Å². The predicted octanol–water partition coefficient (Wildman–Crippen LogP) is 2.19. The summed E-state index contributed by atoms with van der Waals surface area (Å²) in [5.74, 6) is -1.18. The van der Waals surface area contributed by atoms with E-state index in [-0.39, 0.29) is 18.1 Å². The van der Waals surface area contributed by atoms with Gasteiger partial charge in [-0.15, -0.1) is 0 Å². The summed E-state index contributed by atoms with van der Waals surface area (Å²) in [6.07, 6.45) is 3.29. The van der Waals surface area contributed by atoms with Gasteiger partial charge in [0.2, 0.25) is 11.7 Å². The molecule has 20 heavy (non-hydrogen) atoms. The Morgan fingerprint density at radius 1 is 1.45 bits per heavy atom. The van der Waals surface area contributed by atoms with Crippen LogP contribution in [0.1, 0.15) is 25.7 Å². The molecular weight excluding hydrogens is 265 g/mol. The number of nitrogens with zero attached hydrogens (tertiary/aromatic N) is 1. The van der Waals surface area contributed by atoms with Crippen LogP contribution in [0.25, 0.3) is 0 Å². The molecule has 0 bridgehead atoms. The van der Waals surface area contributed by atoms with Gasteiger partial charge in [0.25, 0.3) is 0 Å². The van der Waals surface area contributed by atoms with Crippen molar-refractivity contribution in [3.8, 4) is 0 Å². The average molecular weight is 281 g/mol. The van der Waals surface area contributed by atoms with Crippen molar-refractivity contribution in [1.29, 1.82) is 0 Å². The van der Waals surface area contributed by atoms with Crippen LogP contribution in [0.3, 0.4) is 0 Å². The van der Waals surface area contributed by atoms with Crippen LogP contribution in [0.15, 0.2) is 18.2 Å². The highest BCUT2D eigenvalue weighted by atomic mass is 19.1. The van der Waals surface area contributed by atoms with Crippen molar-refractivity contribution in [3.63, 3.8) is 0 Å². The molecule has 0 unspecified atom stereocenters. The number of hydrogen-bond donors (Lipinski definition) is 2. The fourth-order valence-corrected chi connectivity index (χ4v) is 2.57. The molecule has 0 atom stereocenters. The lowest BCUT2D eigenvalue weighted by molar-refractivity contribution is -0.387. The third-order valence-corrected chi connectivity index (χ3v) is 3.83. The van der Waals surface area contributed by atoms with Crippen LogP contribution in [0, 0.1) is 21.3 Å². The zero-order valence-electron chi connectivity index (χ0n) is 10.9. The minimum Gasteiger partial charge on any atom is -0.329 e. The van der Waals surface area contributed by atoms with Crippen LogP contribution in [-0.4, -0.2) is 17.4 Å². The van der Waals surface area contributed by atoms with E-state index < -0.39 is 21.8 Å². The number of anilines is 1. The molecule has 1 aliphatic carbocycles. The average Bonchev–Trinajstić information content (AvgIpc) is 2.90. The highest BCUT2D eigenvalue weighted by Gasteiger charge is 2.39. The molecular formula is C13H16FN3O3. The normalized spacial score (nSPS) is 16.9. The Hall–Kier alpha value is -2.02. The van der Waals surface area contributed by atoms with E-state index in [1.807, 2.05) is 0 Å². The molecule has 2 rings (SSSR count). The van der Waals surface area contributed by atoms with Crippen molar-refractivity contribution >= 4 is 17.3 Å². The maximum atomic E-state index is 13.2. The predicted molar refractivity (Wildman–Crippen MR) is 71.6 cm³/mol. The highest BCUT2D eigenvalue weighted by Crippen LogP contribution is 2.38. The topological polar surface area (TPSA) is 98.3 Å². The quantitative estimate of drug-likeness (QED) is 0.652. The Labute approximate surface area is 115 Å². The number of nitrogens with two attached hydrogens (primary N) is 1. The van der Waals surface area contributed by atoms with Crippen molar-refractivity contribution in [1.82, 2.24) is 0 Å². The number of nitrogens with one attached hydrogen (secondary N) is 1. The molecule has 108 valence electrons. The van der Waals surface area contributed by atoms with Crippen molar-refractivity contribution in [2.24, 2.45) is 11.1 Å². The van der Waals surface area contributed by atoms with Crippen LogP contribution >= 0.6 is 0 Å². The Balaban J connectivity index is 2.19. The van der Waals surface area contributed by atoms with Gasteiger partial charge in [-0.3, -0.25) is 14.9 Å². The van der Waals surface area contributed by atoms with Gasteiger partial charge in [0, 0.05) is 18.3 Å². The molecule has 0 aromatic heterocycles. The summed E-state index contributed by atoms with van der Waals surface area (Å²) in [6.45, 7) is 0.238. The monoisotopic (exact) mass is 281 g/mol. The number of carbonyl (C=O) groups excluding carboxylic acids is 1. The molecule has 7 heteroatoms. The van der Waals surface area contributed by atoms with Crippen LogP contribution in [0.5, 0.6) is 0 Å². The van der Waals surface area contributed by atoms with Crippen molar-refractivity contribution < 1.29 is 14.1 Å². The van der Waals surface area contributed by atoms with Gasteiger partial charge in [-0.05, 0) is 25.0 Å². The molecule has 0 aliphatic heterocycles. The highest BCUT2D eigenvalue weighted by molar-refractivity contribution is 5.96. The first-order valence-electron chi connectivity index (χ1n) is 6.44. The summed E-state index contributed by atoms with van der Waals surface area (Å²) >= 11 is 0. The first-order valence-corrected chi connectivity index (χ1v) is 6.44. The molecule has 0 spiro atoms. The standard InChI is InChI=1S/C13H16FN3O3/c14-10-4-3-9(7-11(10)17(19)20)16-12(18)13(8-15)5-1-2-6-13/h3-4,7H,1-2,5-6,8,15H2,(H,16,18). The van der Waals surface area contributed by atoms with Crippen molar-refractivity contribution in [2.45, 2.75) is 25.7 Å². The fourth-order valence-electron chi connectivity index (χ4n) is 2.57. The van der Waals surface area contributed by atoms with Crippen molar-refractivity contribution in [3.05, 3.63) is 34.1 Å². The first kappa shape index (κ1) is 14.4. The number of carbonyl (C=O) groups is 1. The molecule has 1 aliphatic rings. The summed E-state index contributed by atoms with van der Waals surface area (Å²) in [5.41, 5.74) is 4.64. The first-order chi connectivity index (χ1) is 9.48. The molecule has 6 nitrogen and oxygen atoms in total. The van der Waals surface area contributed by atoms with E-state index in [2.05, 4.69) is 5.32 Å². The van der Waals surface area contributed by atoms with Gasteiger partial charge in [-0.2, -0.15) is 4.39 Å². The molecule has 1 amide bonds. The molecule has 1 fully saturated rings. The zero-order valence-corrected chi connectivity index (χ0v) is 10.9. The minimum atomic E-state index is -0.928. The largest absolute Gasteiger partial charge is 0.329 e. The minimum absolute atomic E-state index is 0.211. The number of hydrogen-bond acceptors (Lipinski definition) is 4. The number of rotatable bonds is 4. The van der Waals surface area contributed by atoms with E-state index >= 15 is 0 Å². The second-order valence-electron chi connectivity index (χ2n) is 5.07. The number of nitro groups is 1. The number of nitro benzene ring substituents is 1. The Kier molecular flexibility index (Phi) is 3.99. The van der Waals surface area contributed by atoms with Gasteiger partial charge in [0.1, 0.15) is 0 Å². The van der Waals surface area contributed by atoms with Crippen LogP contribution in [0.2, 0.25) is 0 Å². The molecule has 1 aromatic carbocycles. The van der Waals surface area contributed by atoms with Gasteiger partial charge < -0.3 is 11.1 Å². The van der Waals surface area contributed by atoms with Crippen molar-refractivity contribution in [2.75, 3.05) is 11.9 Å². The van der Waals surface area contributed by atoms with Crippen LogP contribution < -0.4 is 11.1 Å². The summed E-state index contributed by atoms with van der Waals surface area (Å²) in [4.78, 5) is 22.1. The smallest absolute Gasteiger partial charge is 0.306 e. The van der Waals surface area contributed by atoms with Gasteiger partial charge >= 0.3 is 5.69 Å². The summed E-state index contributed by atoms with van der Waals surface area (Å²) in [7, 11) is 0. The Bertz CT molecular complexity index is 542. The summed E-state index contributed by atoms with van der Waals surface area (Å²) < 4.78 is 13.2. The lowest BCUT2D eigenvalue weighted by Crippen LogP contribution is -2.40. The van der Waals surface area contributed by atoms with E-state index in [0.29, 0.717) is 12.8 Å². The Morgan fingerprint density at radius 2 is 2.10 bits per heavy atom. The molecule has 3 N–H and O–H groups in total. The molecule has 1 saturated carbocycles. The maximum Gasteiger partial charge on any atom is 0.306 e. The number of halogens is 1. The van der Waals surface area contributed by atoms with E-state index in [9.17, 15) is 19.3 Å².